The maximum atomic E-state index is 12.6. The molecule has 1 aliphatic rings. The minimum atomic E-state index is -0.0327. The van der Waals surface area contributed by atoms with E-state index in [1.807, 2.05) is 36.4 Å². The van der Waals surface area contributed by atoms with E-state index in [9.17, 15) is 4.79 Å². The van der Waals surface area contributed by atoms with Gasteiger partial charge in [0.05, 0.1) is 0 Å². The summed E-state index contributed by atoms with van der Waals surface area (Å²) in [6.45, 7) is 0. The van der Waals surface area contributed by atoms with Crippen LogP contribution in [0.4, 0.5) is 5.69 Å². The van der Waals surface area contributed by atoms with Crippen molar-refractivity contribution in [1.82, 2.24) is 0 Å². The summed E-state index contributed by atoms with van der Waals surface area (Å²) in [6, 6.07) is 20.2. The first-order chi connectivity index (χ1) is 11.3. The van der Waals surface area contributed by atoms with E-state index in [1.54, 1.807) is 0 Å². The number of fused-ring (bicyclic) bond motifs is 2. The molecular weight excluding hydrogens is 282 g/mol. The van der Waals surface area contributed by atoms with Crippen LogP contribution in [-0.2, 0) is 12.8 Å². The maximum absolute atomic E-state index is 12.6. The lowest BCUT2D eigenvalue weighted by Gasteiger charge is -2.16. The van der Waals surface area contributed by atoms with E-state index in [2.05, 4.69) is 29.6 Å². The van der Waals surface area contributed by atoms with E-state index in [0.717, 1.165) is 34.9 Å². The second-order valence-electron chi connectivity index (χ2n) is 6.17. The summed E-state index contributed by atoms with van der Waals surface area (Å²) in [5, 5.41) is 5.27. The average Bonchev–Trinajstić information content (AvgIpc) is 2.61. The maximum Gasteiger partial charge on any atom is 0.255 e. The molecule has 3 aromatic rings. The number of amides is 1. The Balaban J connectivity index is 1.64. The van der Waals surface area contributed by atoms with Gasteiger partial charge < -0.3 is 5.32 Å². The zero-order chi connectivity index (χ0) is 15.6. The standard InChI is InChI=1S/C21H19NO/c23-21(18-13-12-15-6-1-2-8-17(15)14-18)22-20-11-5-9-16-7-3-4-10-19(16)20/h3-5,7,9-14H,1-2,6,8H2,(H,22,23). The van der Waals surface area contributed by atoms with Crippen molar-refractivity contribution in [2.75, 3.05) is 5.32 Å². The molecule has 0 unspecified atom stereocenters. The summed E-state index contributed by atoms with van der Waals surface area (Å²) in [6.07, 6.45) is 4.71. The Labute approximate surface area is 136 Å². The molecule has 0 saturated heterocycles. The van der Waals surface area contributed by atoms with Gasteiger partial charge >= 0.3 is 0 Å². The minimum absolute atomic E-state index is 0.0327. The highest BCUT2D eigenvalue weighted by Crippen LogP contribution is 2.25. The summed E-state index contributed by atoms with van der Waals surface area (Å²) in [7, 11) is 0. The Morgan fingerprint density at radius 3 is 2.52 bits per heavy atom. The van der Waals surface area contributed by atoms with Crippen LogP contribution in [0.15, 0.2) is 60.7 Å². The first kappa shape index (κ1) is 14.0. The van der Waals surface area contributed by atoms with Gasteiger partial charge in [0.25, 0.3) is 5.91 Å². The third-order valence-corrected chi connectivity index (χ3v) is 4.65. The largest absolute Gasteiger partial charge is 0.321 e. The molecular formula is C21H19NO. The van der Waals surface area contributed by atoms with Crippen molar-refractivity contribution in [1.29, 1.82) is 0 Å². The van der Waals surface area contributed by atoms with Gasteiger partial charge in [-0.2, -0.15) is 0 Å². The average molecular weight is 301 g/mol. The fraction of sp³-hybridized carbons (Fsp3) is 0.190. The number of anilines is 1. The van der Waals surface area contributed by atoms with E-state index in [-0.39, 0.29) is 5.91 Å². The number of carbonyl (C=O) groups excluding carboxylic acids is 1. The van der Waals surface area contributed by atoms with Gasteiger partial charge in [-0.3, -0.25) is 4.79 Å². The van der Waals surface area contributed by atoms with Gasteiger partial charge in [-0.15, -0.1) is 0 Å². The predicted molar refractivity (Wildman–Crippen MR) is 95.0 cm³/mol. The van der Waals surface area contributed by atoms with Crippen LogP contribution in [0.5, 0.6) is 0 Å². The monoisotopic (exact) mass is 301 g/mol. The van der Waals surface area contributed by atoms with Crippen LogP contribution in [0.25, 0.3) is 10.8 Å². The fourth-order valence-corrected chi connectivity index (χ4v) is 3.40. The SMILES string of the molecule is O=C(Nc1cccc2ccccc12)c1ccc2c(c1)CCCC2. The highest BCUT2D eigenvalue weighted by molar-refractivity contribution is 6.09. The van der Waals surface area contributed by atoms with Gasteiger partial charge in [0, 0.05) is 16.6 Å². The molecule has 0 fully saturated rings. The number of hydrogen-bond donors (Lipinski definition) is 1. The quantitative estimate of drug-likeness (QED) is 0.711. The van der Waals surface area contributed by atoms with Crippen molar-refractivity contribution in [3.63, 3.8) is 0 Å². The first-order valence-corrected chi connectivity index (χ1v) is 8.22. The van der Waals surface area contributed by atoms with Gasteiger partial charge in [0.15, 0.2) is 0 Å². The molecule has 0 saturated carbocycles. The molecule has 0 radical (unpaired) electrons. The normalized spacial score (nSPS) is 13.6. The van der Waals surface area contributed by atoms with Crippen molar-refractivity contribution in [2.24, 2.45) is 0 Å². The van der Waals surface area contributed by atoms with E-state index >= 15 is 0 Å². The number of nitrogens with one attached hydrogen (secondary N) is 1. The molecule has 0 bridgehead atoms. The smallest absolute Gasteiger partial charge is 0.255 e. The third-order valence-electron chi connectivity index (χ3n) is 4.65. The Morgan fingerprint density at radius 2 is 1.61 bits per heavy atom. The zero-order valence-electron chi connectivity index (χ0n) is 13.0. The Kier molecular flexibility index (Phi) is 3.58. The Morgan fingerprint density at radius 1 is 0.826 bits per heavy atom. The van der Waals surface area contributed by atoms with E-state index in [4.69, 9.17) is 0 Å². The molecule has 4 rings (SSSR count). The van der Waals surface area contributed by atoms with Gasteiger partial charge in [-0.1, -0.05) is 42.5 Å². The topological polar surface area (TPSA) is 29.1 Å². The molecule has 1 amide bonds. The Hall–Kier alpha value is -2.61. The third kappa shape index (κ3) is 2.72. The molecule has 0 spiro atoms. The van der Waals surface area contributed by atoms with Crippen LogP contribution >= 0.6 is 0 Å². The molecule has 1 N–H and O–H groups in total. The summed E-state index contributed by atoms with van der Waals surface area (Å²) in [5.41, 5.74) is 4.35. The number of carbonyl (C=O) groups is 1. The van der Waals surface area contributed by atoms with Crippen LogP contribution in [0, 0.1) is 0 Å². The minimum Gasteiger partial charge on any atom is -0.321 e. The summed E-state index contributed by atoms with van der Waals surface area (Å²) < 4.78 is 0. The summed E-state index contributed by atoms with van der Waals surface area (Å²) in [5.74, 6) is -0.0327. The van der Waals surface area contributed by atoms with Crippen LogP contribution in [0.3, 0.4) is 0 Å². The van der Waals surface area contributed by atoms with E-state index in [1.165, 1.54) is 24.0 Å². The second-order valence-corrected chi connectivity index (χ2v) is 6.17. The van der Waals surface area contributed by atoms with Crippen LogP contribution in [-0.4, -0.2) is 5.91 Å². The van der Waals surface area contributed by atoms with Crippen LogP contribution in [0.1, 0.15) is 34.3 Å². The number of hydrogen-bond acceptors (Lipinski definition) is 1. The first-order valence-electron chi connectivity index (χ1n) is 8.22. The van der Waals surface area contributed by atoms with Gasteiger partial charge in [0.2, 0.25) is 0 Å². The number of rotatable bonds is 2. The van der Waals surface area contributed by atoms with E-state index in [0.29, 0.717) is 0 Å². The van der Waals surface area contributed by atoms with Crippen molar-refractivity contribution < 1.29 is 4.79 Å². The molecule has 0 aliphatic heterocycles. The van der Waals surface area contributed by atoms with Crippen molar-refractivity contribution in [3.8, 4) is 0 Å². The lowest BCUT2D eigenvalue weighted by molar-refractivity contribution is 0.102. The second kappa shape index (κ2) is 5.88. The van der Waals surface area contributed by atoms with Crippen LogP contribution in [0.2, 0.25) is 0 Å². The molecule has 0 aromatic heterocycles. The van der Waals surface area contributed by atoms with Gasteiger partial charge in [-0.25, -0.2) is 0 Å². The number of benzene rings is 3. The van der Waals surface area contributed by atoms with Gasteiger partial charge in [0.1, 0.15) is 0 Å². The van der Waals surface area contributed by atoms with Crippen molar-refractivity contribution in [2.45, 2.75) is 25.7 Å². The predicted octanol–water partition coefficient (Wildman–Crippen LogP) is 4.97. The van der Waals surface area contributed by atoms with Crippen LogP contribution < -0.4 is 5.32 Å². The highest BCUT2D eigenvalue weighted by atomic mass is 16.1. The zero-order valence-corrected chi connectivity index (χ0v) is 13.0. The lowest BCUT2D eigenvalue weighted by Crippen LogP contribution is -2.13. The summed E-state index contributed by atoms with van der Waals surface area (Å²) >= 11 is 0. The van der Waals surface area contributed by atoms with E-state index < -0.39 is 0 Å². The Bertz CT molecular complexity index is 877. The lowest BCUT2D eigenvalue weighted by atomic mass is 9.90. The van der Waals surface area contributed by atoms with Crippen molar-refractivity contribution in [3.05, 3.63) is 77.4 Å². The molecule has 1 aliphatic carbocycles. The molecule has 114 valence electrons. The highest BCUT2D eigenvalue weighted by Gasteiger charge is 2.13. The molecule has 23 heavy (non-hydrogen) atoms. The molecule has 0 heterocycles. The fourth-order valence-electron chi connectivity index (χ4n) is 3.40. The van der Waals surface area contributed by atoms with Gasteiger partial charge in [-0.05, 0) is 60.4 Å². The molecule has 3 aromatic carbocycles. The number of aryl methyl sites for hydroxylation is 2. The van der Waals surface area contributed by atoms with Crippen molar-refractivity contribution >= 4 is 22.4 Å². The summed E-state index contributed by atoms with van der Waals surface area (Å²) in [4.78, 5) is 12.6. The molecule has 2 heteroatoms. The molecule has 0 atom stereocenters. The molecule has 2 nitrogen and oxygen atoms in total.